The van der Waals surface area contributed by atoms with Crippen LogP contribution in [0.4, 0.5) is 0 Å². The molecule has 0 fully saturated rings. The average molecular weight is 563 g/mol. The van der Waals surface area contributed by atoms with E-state index in [2.05, 4.69) is 0 Å². The number of aliphatic carboxylic acids is 4. The minimum atomic E-state index is -1.53. The Morgan fingerprint density at radius 1 is 0.545 bits per heavy atom. The standard InChI is InChI=1S/C10H16N2O8.2Ba/c13-7(14)3-11(4-8(15)16)1-2-12(5-9(17)18)6-10(19)20;;/h1-6H2,(H,13,14)(H,15,16)(H,17,18)(H,19,20);;/q;2*+2/p-4. The van der Waals surface area contributed by atoms with E-state index in [9.17, 15) is 39.6 Å². The van der Waals surface area contributed by atoms with Crippen LogP contribution in [0, 0.1) is 0 Å². The molecule has 22 heavy (non-hydrogen) atoms. The summed E-state index contributed by atoms with van der Waals surface area (Å²) in [6.07, 6.45) is 0. The number of carboxylic acid groups (broad SMARTS) is 4. The van der Waals surface area contributed by atoms with Gasteiger partial charge in [0.1, 0.15) is 0 Å². The summed E-state index contributed by atoms with van der Waals surface area (Å²) in [6, 6.07) is 0. The van der Waals surface area contributed by atoms with Gasteiger partial charge in [0, 0.05) is 39.3 Å². The van der Waals surface area contributed by atoms with Gasteiger partial charge in [-0.2, -0.15) is 0 Å². The van der Waals surface area contributed by atoms with Gasteiger partial charge >= 0.3 is 97.8 Å². The molecular formula is C10H12Ba2N2O8. The second kappa shape index (κ2) is 15.5. The first kappa shape index (κ1) is 27.8. The Hall–Kier alpha value is 0.943. The van der Waals surface area contributed by atoms with Crippen LogP contribution < -0.4 is 20.4 Å². The van der Waals surface area contributed by atoms with Gasteiger partial charge in [-0.3, -0.25) is 9.80 Å². The topological polar surface area (TPSA) is 167 Å². The molecule has 0 bridgehead atoms. The Bertz CT molecular complexity index is 325. The number of carbonyl (C=O) groups excluding carboxylic acids is 4. The predicted molar refractivity (Wildman–Crippen MR) is 64.4 cm³/mol. The zero-order valence-corrected chi connectivity index (χ0v) is 20.7. The van der Waals surface area contributed by atoms with E-state index >= 15 is 0 Å². The molecule has 0 spiro atoms. The molecule has 0 saturated carbocycles. The first-order valence-electron chi connectivity index (χ1n) is 5.44. The van der Waals surface area contributed by atoms with Crippen LogP contribution in [0.3, 0.4) is 0 Å². The minimum Gasteiger partial charge on any atom is -0.549 e. The van der Waals surface area contributed by atoms with Crippen molar-refractivity contribution in [1.82, 2.24) is 9.80 Å². The van der Waals surface area contributed by atoms with Crippen LogP contribution in [0.5, 0.6) is 0 Å². The van der Waals surface area contributed by atoms with Gasteiger partial charge in [-0.15, -0.1) is 0 Å². The maximum atomic E-state index is 10.4. The van der Waals surface area contributed by atoms with Crippen LogP contribution in [-0.2, 0) is 19.2 Å². The Morgan fingerprint density at radius 2 is 0.727 bits per heavy atom. The molecule has 0 atom stereocenters. The van der Waals surface area contributed by atoms with Crippen molar-refractivity contribution < 1.29 is 39.6 Å². The molecule has 0 saturated heterocycles. The van der Waals surface area contributed by atoms with E-state index in [0.717, 1.165) is 9.80 Å². The average Bonchev–Trinajstić information content (AvgIpc) is 2.22. The molecule has 0 radical (unpaired) electrons. The molecule has 12 heteroatoms. The molecule has 0 N–H and O–H groups in total. The van der Waals surface area contributed by atoms with Crippen molar-refractivity contribution in [2.24, 2.45) is 0 Å². The second-order valence-electron chi connectivity index (χ2n) is 3.91. The molecule has 0 aliphatic carbocycles. The third kappa shape index (κ3) is 17.3. The number of carboxylic acids is 4. The third-order valence-corrected chi connectivity index (χ3v) is 2.14. The van der Waals surface area contributed by atoms with E-state index in [1.807, 2.05) is 0 Å². The summed E-state index contributed by atoms with van der Waals surface area (Å²) in [4.78, 5) is 43.4. The molecular weight excluding hydrogens is 551 g/mol. The van der Waals surface area contributed by atoms with Gasteiger partial charge in [0.15, 0.2) is 0 Å². The van der Waals surface area contributed by atoms with Gasteiger partial charge in [-0.05, 0) is 0 Å². The second-order valence-corrected chi connectivity index (χ2v) is 3.91. The zero-order chi connectivity index (χ0) is 15.7. The molecule has 114 valence electrons. The number of carbonyl (C=O) groups is 4. The molecule has 0 rings (SSSR count). The van der Waals surface area contributed by atoms with Crippen molar-refractivity contribution in [2.45, 2.75) is 0 Å². The van der Waals surface area contributed by atoms with Crippen molar-refractivity contribution >= 4 is 122 Å². The number of rotatable bonds is 11. The van der Waals surface area contributed by atoms with Crippen LogP contribution in [-0.4, -0.2) is 171 Å². The SMILES string of the molecule is O=C([O-])CN(CCN(CC(=O)[O-])CC(=O)[O-])CC(=O)[O-].[Ba+2].[Ba+2]. The first-order valence-corrected chi connectivity index (χ1v) is 5.44. The van der Waals surface area contributed by atoms with Gasteiger partial charge in [0.05, 0.1) is 23.9 Å². The fourth-order valence-electron chi connectivity index (χ4n) is 1.44. The van der Waals surface area contributed by atoms with E-state index in [1.54, 1.807) is 0 Å². The van der Waals surface area contributed by atoms with Crippen molar-refractivity contribution in [3.05, 3.63) is 0 Å². The summed E-state index contributed by atoms with van der Waals surface area (Å²) >= 11 is 0. The molecule has 0 heterocycles. The number of nitrogens with zero attached hydrogens (tertiary/aromatic N) is 2. The molecule has 0 aromatic rings. The molecule has 0 aliphatic heterocycles. The Labute approximate surface area is 207 Å². The molecule has 10 nitrogen and oxygen atoms in total. The monoisotopic (exact) mass is 564 g/mol. The summed E-state index contributed by atoms with van der Waals surface area (Å²) in [6.45, 7) is -3.25. The number of hydrogen-bond donors (Lipinski definition) is 0. The molecule has 0 unspecified atom stereocenters. The molecule has 0 amide bonds. The van der Waals surface area contributed by atoms with Crippen LogP contribution in [0.25, 0.3) is 0 Å². The van der Waals surface area contributed by atoms with Gasteiger partial charge in [0.25, 0.3) is 0 Å². The fourth-order valence-corrected chi connectivity index (χ4v) is 1.44. The Morgan fingerprint density at radius 3 is 0.864 bits per heavy atom. The van der Waals surface area contributed by atoms with Gasteiger partial charge in [0.2, 0.25) is 0 Å². The maximum absolute atomic E-state index is 10.4. The predicted octanol–water partition coefficient (Wildman–Crippen LogP) is -8.17. The smallest absolute Gasteiger partial charge is 0.549 e. The Balaban J connectivity index is -0.00000180. The first-order chi connectivity index (χ1) is 9.20. The van der Waals surface area contributed by atoms with Crippen LogP contribution in [0.15, 0.2) is 0 Å². The Kier molecular flexibility index (Phi) is 19.5. The maximum Gasteiger partial charge on any atom is 2.00 e. The van der Waals surface area contributed by atoms with Crippen molar-refractivity contribution in [1.29, 1.82) is 0 Å². The van der Waals surface area contributed by atoms with Crippen LogP contribution >= 0.6 is 0 Å². The van der Waals surface area contributed by atoms with Crippen LogP contribution in [0.1, 0.15) is 0 Å². The van der Waals surface area contributed by atoms with E-state index in [-0.39, 0.29) is 111 Å². The summed E-state index contributed by atoms with van der Waals surface area (Å²) in [5, 5.41) is 41.6. The summed E-state index contributed by atoms with van der Waals surface area (Å²) in [7, 11) is 0. The van der Waals surface area contributed by atoms with Crippen molar-refractivity contribution in [3.8, 4) is 0 Å². The fraction of sp³-hybridized carbons (Fsp3) is 0.600. The molecule has 0 aliphatic rings. The normalized spacial score (nSPS) is 9.73. The van der Waals surface area contributed by atoms with Crippen molar-refractivity contribution in [2.75, 3.05) is 39.3 Å². The number of hydrogen-bond acceptors (Lipinski definition) is 10. The van der Waals surface area contributed by atoms with E-state index in [4.69, 9.17) is 0 Å². The van der Waals surface area contributed by atoms with E-state index in [1.165, 1.54) is 0 Å². The molecule has 0 aromatic heterocycles. The molecule has 0 aromatic carbocycles. The van der Waals surface area contributed by atoms with Crippen molar-refractivity contribution in [3.63, 3.8) is 0 Å². The van der Waals surface area contributed by atoms with E-state index in [0.29, 0.717) is 0 Å². The largest absolute Gasteiger partial charge is 2.00 e. The summed E-state index contributed by atoms with van der Waals surface area (Å²) < 4.78 is 0. The zero-order valence-electron chi connectivity index (χ0n) is 11.8. The van der Waals surface area contributed by atoms with Gasteiger partial charge < -0.3 is 39.6 Å². The summed E-state index contributed by atoms with van der Waals surface area (Å²) in [5.74, 6) is -6.12. The minimum absolute atomic E-state index is 0. The van der Waals surface area contributed by atoms with E-state index < -0.39 is 50.1 Å². The quantitative estimate of drug-likeness (QED) is 0.221. The van der Waals surface area contributed by atoms with Gasteiger partial charge in [-0.1, -0.05) is 0 Å². The van der Waals surface area contributed by atoms with Crippen LogP contribution in [0.2, 0.25) is 0 Å². The van der Waals surface area contributed by atoms with Gasteiger partial charge in [-0.25, -0.2) is 0 Å². The third-order valence-electron chi connectivity index (χ3n) is 2.14. The summed E-state index contributed by atoms with van der Waals surface area (Å²) in [5.41, 5.74) is 0.